The van der Waals surface area contributed by atoms with Crippen molar-refractivity contribution in [3.8, 4) is 6.07 Å². The number of ether oxygens (including phenoxy) is 1. The van der Waals surface area contributed by atoms with Crippen LogP contribution in [0.2, 0.25) is 0 Å². The molecule has 0 radical (unpaired) electrons. The molecule has 4 heteroatoms. The monoisotopic (exact) mass is 299 g/mol. The normalized spacial score (nSPS) is 28.3. The van der Waals surface area contributed by atoms with E-state index in [-0.39, 0.29) is 0 Å². The molecule has 1 aromatic heterocycles. The van der Waals surface area contributed by atoms with Gasteiger partial charge < -0.3 is 9.64 Å². The molecule has 0 N–H and O–H groups in total. The van der Waals surface area contributed by atoms with E-state index in [1.54, 1.807) is 6.07 Å². The van der Waals surface area contributed by atoms with Crippen molar-refractivity contribution in [3.05, 3.63) is 23.9 Å². The summed E-state index contributed by atoms with van der Waals surface area (Å²) in [4.78, 5) is 6.94. The van der Waals surface area contributed by atoms with Crippen LogP contribution in [-0.2, 0) is 4.74 Å². The van der Waals surface area contributed by atoms with E-state index < -0.39 is 0 Å². The number of pyridine rings is 1. The van der Waals surface area contributed by atoms with Gasteiger partial charge in [-0.3, -0.25) is 0 Å². The van der Waals surface area contributed by atoms with Gasteiger partial charge in [0, 0.05) is 19.2 Å². The standard InChI is InChI=1S/C18H25N3O/c1-14-7-9-16(10-8-14)21(13-17-5-3-11-22-17)18-6-2-4-15(12-19)20-18/h2,4,6,14,16-17H,3,5,7-11,13H2,1H3. The van der Waals surface area contributed by atoms with Gasteiger partial charge in [-0.15, -0.1) is 0 Å². The van der Waals surface area contributed by atoms with Crippen molar-refractivity contribution in [1.29, 1.82) is 5.26 Å². The summed E-state index contributed by atoms with van der Waals surface area (Å²) in [5, 5.41) is 9.12. The number of nitriles is 1. The van der Waals surface area contributed by atoms with Crippen molar-refractivity contribution in [1.82, 2.24) is 4.98 Å². The van der Waals surface area contributed by atoms with Gasteiger partial charge in [0.15, 0.2) is 0 Å². The molecule has 1 aliphatic heterocycles. The van der Waals surface area contributed by atoms with E-state index >= 15 is 0 Å². The fraction of sp³-hybridized carbons (Fsp3) is 0.667. The van der Waals surface area contributed by atoms with Crippen molar-refractivity contribution in [2.45, 2.75) is 57.6 Å². The summed E-state index contributed by atoms with van der Waals surface area (Å²) in [6.45, 7) is 4.13. The van der Waals surface area contributed by atoms with Crippen LogP contribution in [0.5, 0.6) is 0 Å². The average molecular weight is 299 g/mol. The third kappa shape index (κ3) is 3.59. The summed E-state index contributed by atoms with van der Waals surface area (Å²) in [6.07, 6.45) is 7.60. The Morgan fingerprint density at radius 3 is 2.77 bits per heavy atom. The molecule has 1 atom stereocenters. The fourth-order valence-corrected chi connectivity index (χ4v) is 3.64. The maximum atomic E-state index is 9.12. The summed E-state index contributed by atoms with van der Waals surface area (Å²) < 4.78 is 5.84. The third-order valence-electron chi connectivity index (χ3n) is 4.99. The molecule has 1 aromatic rings. The van der Waals surface area contributed by atoms with Crippen LogP contribution in [0.4, 0.5) is 5.82 Å². The molecule has 22 heavy (non-hydrogen) atoms. The van der Waals surface area contributed by atoms with Gasteiger partial charge in [0.2, 0.25) is 0 Å². The lowest BCUT2D eigenvalue weighted by molar-refractivity contribution is 0.112. The molecular weight excluding hydrogens is 274 g/mol. The first-order valence-corrected chi connectivity index (χ1v) is 8.51. The summed E-state index contributed by atoms with van der Waals surface area (Å²) >= 11 is 0. The predicted molar refractivity (Wildman–Crippen MR) is 86.7 cm³/mol. The number of anilines is 1. The average Bonchev–Trinajstić information content (AvgIpc) is 3.07. The fourth-order valence-electron chi connectivity index (χ4n) is 3.64. The molecule has 118 valence electrons. The molecule has 0 bridgehead atoms. The van der Waals surface area contributed by atoms with Crippen molar-refractivity contribution in [2.75, 3.05) is 18.1 Å². The summed E-state index contributed by atoms with van der Waals surface area (Å²) in [5.74, 6) is 1.77. The molecule has 1 saturated carbocycles. The minimum absolute atomic E-state index is 0.312. The zero-order chi connectivity index (χ0) is 15.4. The Bertz CT molecular complexity index is 525. The second-order valence-corrected chi connectivity index (χ2v) is 6.69. The first kappa shape index (κ1) is 15.3. The van der Waals surface area contributed by atoms with E-state index in [4.69, 9.17) is 10.00 Å². The van der Waals surface area contributed by atoms with Crippen molar-refractivity contribution >= 4 is 5.82 Å². The van der Waals surface area contributed by atoms with E-state index in [1.807, 2.05) is 12.1 Å². The maximum absolute atomic E-state index is 9.12. The van der Waals surface area contributed by atoms with Crippen LogP contribution >= 0.6 is 0 Å². The quantitative estimate of drug-likeness (QED) is 0.853. The highest BCUT2D eigenvalue weighted by Crippen LogP contribution is 2.30. The van der Waals surface area contributed by atoms with Crippen molar-refractivity contribution < 1.29 is 4.74 Å². The van der Waals surface area contributed by atoms with Crippen molar-refractivity contribution in [3.63, 3.8) is 0 Å². The SMILES string of the molecule is CC1CCC(N(CC2CCCO2)c2cccc(C#N)n2)CC1. The molecule has 2 heterocycles. The minimum atomic E-state index is 0.312. The van der Waals surface area contributed by atoms with Gasteiger partial charge >= 0.3 is 0 Å². The summed E-state index contributed by atoms with van der Waals surface area (Å²) in [7, 11) is 0. The zero-order valence-corrected chi connectivity index (χ0v) is 13.4. The van der Waals surface area contributed by atoms with Crippen molar-refractivity contribution in [2.24, 2.45) is 5.92 Å². The number of nitrogens with zero attached hydrogens (tertiary/aromatic N) is 3. The highest BCUT2D eigenvalue weighted by Gasteiger charge is 2.28. The smallest absolute Gasteiger partial charge is 0.142 e. The van der Waals surface area contributed by atoms with Crippen LogP contribution in [0.25, 0.3) is 0 Å². The van der Waals surface area contributed by atoms with Gasteiger partial charge in [0.1, 0.15) is 17.6 Å². The van der Waals surface area contributed by atoms with E-state index in [1.165, 1.54) is 25.7 Å². The molecule has 1 unspecified atom stereocenters. The lowest BCUT2D eigenvalue weighted by atomic mass is 9.86. The molecule has 3 rings (SSSR count). The van der Waals surface area contributed by atoms with Gasteiger partial charge in [0.05, 0.1) is 6.10 Å². The maximum Gasteiger partial charge on any atom is 0.142 e. The summed E-state index contributed by atoms with van der Waals surface area (Å²) in [6, 6.07) is 8.44. The molecule has 1 aliphatic carbocycles. The van der Waals surface area contributed by atoms with Crippen LogP contribution in [0, 0.1) is 17.2 Å². The molecular formula is C18H25N3O. The van der Waals surface area contributed by atoms with Crippen LogP contribution in [0.1, 0.15) is 51.1 Å². The Kier molecular flexibility index (Phi) is 4.94. The first-order chi connectivity index (χ1) is 10.8. The van der Waals surface area contributed by atoms with Gasteiger partial charge in [-0.25, -0.2) is 4.98 Å². The second-order valence-electron chi connectivity index (χ2n) is 6.69. The topological polar surface area (TPSA) is 49.1 Å². The molecule has 2 aliphatic rings. The number of hydrogen-bond acceptors (Lipinski definition) is 4. The van der Waals surface area contributed by atoms with Crippen LogP contribution in [-0.4, -0.2) is 30.3 Å². The van der Waals surface area contributed by atoms with E-state index in [9.17, 15) is 0 Å². The number of rotatable bonds is 4. The summed E-state index contributed by atoms with van der Waals surface area (Å²) in [5.41, 5.74) is 0.499. The highest BCUT2D eigenvalue weighted by molar-refractivity contribution is 5.43. The molecule has 0 aromatic carbocycles. The van der Waals surface area contributed by atoms with Crippen LogP contribution < -0.4 is 4.90 Å². The van der Waals surface area contributed by atoms with Gasteiger partial charge in [-0.1, -0.05) is 13.0 Å². The van der Waals surface area contributed by atoms with Crippen LogP contribution in [0.3, 0.4) is 0 Å². The second kappa shape index (κ2) is 7.11. The Morgan fingerprint density at radius 1 is 1.27 bits per heavy atom. The van der Waals surface area contributed by atoms with Gasteiger partial charge in [-0.05, 0) is 56.6 Å². The molecule has 1 saturated heterocycles. The Hall–Kier alpha value is -1.60. The Balaban J connectivity index is 1.79. The predicted octanol–water partition coefficient (Wildman–Crippen LogP) is 3.52. The third-order valence-corrected chi connectivity index (χ3v) is 4.99. The molecule has 0 spiro atoms. The van der Waals surface area contributed by atoms with E-state index in [0.717, 1.165) is 37.7 Å². The first-order valence-electron chi connectivity index (χ1n) is 8.51. The van der Waals surface area contributed by atoms with Gasteiger partial charge in [0.25, 0.3) is 0 Å². The zero-order valence-electron chi connectivity index (χ0n) is 13.4. The minimum Gasteiger partial charge on any atom is -0.376 e. The Labute approximate surface area is 133 Å². The lowest BCUT2D eigenvalue weighted by Gasteiger charge is -2.38. The van der Waals surface area contributed by atoms with Gasteiger partial charge in [-0.2, -0.15) is 5.26 Å². The molecule has 2 fully saturated rings. The largest absolute Gasteiger partial charge is 0.376 e. The molecule has 0 amide bonds. The van der Waals surface area contributed by atoms with Crippen LogP contribution in [0.15, 0.2) is 18.2 Å². The van der Waals surface area contributed by atoms with E-state index in [0.29, 0.717) is 17.8 Å². The molecule has 4 nitrogen and oxygen atoms in total. The Morgan fingerprint density at radius 2 is 2.09 bits per heavy atom. The number of hydrogen-bond donors (Lipinski definition) is 0. The lowest BCUT2D eigenvalue weighted by Crippen LogP contribution is -2.43. The number of aromatic nitrogens is 1. The van der Waals surface area contributed by atoms with E-state index in [2.05, 4.69) is 22.9 Å². The highest BCUT2D eigenvalue weighted by atomic mass is 16.5.